The molecule has 0 aliphatic heterocycles. The molecule has 0 atom stereocenters. The second kappa shape index (κ2) is 11.8. The number of carbonyl (C=O) groups is 3. The lowest BCUT2D eigenvalue weighted by Crippen LogP contribution is -2.42. The number of allylic oxidation sites excluding steroid dienone is 1. The number of hydrogen-bond donors (Lipinski definition) is 2. The Labute approximate surface area is 165 Å². The molecule has 0 unspecified atom stereocenters. The van der Waals surface area contributed by atoms with E-state index in [9.17, 15) is 14.4 Å². The molecule has 152 valence electrons. The number of aldehydes is 1. The molecule has 0 heterocycles. The second-order valence-corrected chi connectivity index (χ2v) is 6.62. The minimum Gasteiger partial charge on any atom is -0.493 e. The summed E-state index contributed by atoms with van der Waals surface area (Å²) < 4.78 is 10.9. The van der Waals surface area contributed by atoms with Gasteiger partial charge in [-0.3, -0.25) is 14.9 Å². The van der Waals surface area contributed by atoms with E-state index in [0.29, 0.717) is 30.8 Å². The van der Waals surface area contributed by atoms with E-state index in [1.807, 2.05) is 6.92 Å². The van der Waals surface area contributed by atoms with Crippen LogP contribution in [0.25, 0.3) is 0 Å². The van der Waals surface area contributed by atoms with Gasteiger partial charge >= 0.3 is 6.03 Å². The molecule has 2 rings (SSSR count). The molecular weight excluding hydrogens is 360 g/mol. The van der Waals surface area contributed by atoms with E-state index < -0.39 is 11.9 Å². The summed E-state index contributed by atoms with van der Waals surface area (Å²) in [6, 6.07) is 4.24. The van der Waals surface area contributed by atoms with Crippen LogP contribution in [0, 0.1) is 0 Å². The molecule has 0 saturated carbocycles. The predicted octanol–water partition coefficient (Wildman–Crippen LogP) is 3.38. The molecule has 0 fully saturated rings. The fourth-order valence-corrected chi connectivity index (χ4v) is 2.87. The minimum atomic E-state index is -0.592. The maximum absolute atomic E-state index is 11.9. The first-order valence-electron chi connectivity index (χ1n) is 9.72. The number of rotatable bonds is 10. The topological polar surface area (TPSA) is 93.7 Å². The number of ether oxygens (including phenoxy) is 2. The van der Waals surface area contributed by atoms with Crippen molar-refractivity contribution in [3.8, 4) is 11.5 Å². The standard InChI is InChI=1S/C21H28N2O5/c1-2-12-27-18-9-8-17(14-24)19(13-18)28-15-20(25)23-21(26)22-11-10-16-6-4-3-5-7-16/h6,8-9,13-14H,2-5,7,10-12,15H2,1H3,(H2,22,23,25,26). The van der Waals surface area contributed by atoms with Crippen LogP contribution in [0.3, 0.4) is 0 Å². The van der Waals surface area contributed by atoms with E-state index in [2.05, 4.69) is 16.7 Å². The van der Waals surface area contributed by atoms with Gasteiger partial charge in [-0.05, 0) is 50.7 Å². The van der Waals surface area contributed by atoms with Gasteiger partial charge in [-0.15, -0.1) is 0 Å². The van der Waals surface area contributed by atoms with Gasteiger partial charge in [0, 0.05) is 12.6 Å². The summed E-state index contributed by atoms with van der Waals surface area (Å²) in [6.07, 6.45) is 9.12. The van der Waals surface area contributed by atoms with Crippen LogP contribution in [-0.2, 0) is 4.79 Å². The van der Waals surface area contributed by atoms with E-state index in [0.717, 1.165) is 25.7 Å². The minimum absolute atomic E-state index is 0.239. The van der Waals surface area contributed by atoms with Crippen molar-refractivity contribution in [1.82, 2.24) is 10.6 Å². The molecule has 2 N–H and O–H groups in total. The Morgan fingerprint density at radius 2 is 2.07 bits per heavy atom. The summed E-state index contributed by atoms with van der Waals surface area (Å²) in [7, 11) is 0. The molecule has 1 aromatic rings. The number of amides is 3. The Hall–Kier alpha value is -2.83. The lowest BCUT2D eigenvalue weighted by atomic mass is 9.97. The molecule has 0 spiro atoms. The largest absolute Gasteiger partial charge is 0.493 e. The third kappa shape index (κ3) is 7.42. The maximum Gasteiger partial charge on any atom is 0.321 e. The highest BCUT2D eigenvalue weighted by atomic mass is 16.5. The zero-order chi connectivity index (χ0) is 20.2. The molecule has 1 aliphatic rings. The van der Waals surface area contributed by atoms with Crippen LogP contribution in [0.1, 0.15) is 55.8 Å². The van der Waals surface area contributed by atoms with Crippen LogP contribution in [0.4, 0.5) is 4.79 Å². The van der Waals surface area contributed by atoms with Crippen LogP contribution >= 0.6 is 0 Å². The van der Waals surface area contributed by atoms with E-state index >= 15 is 0 Å². The SMILES string of the molecule is CCCOc1ccc(C=O)c(OCC(=O)NC(=O)NCCC2=CCCCC2)c1. The molecule has 3 amide bonds. The van der Waals surface area contributed by atoms with Crippen molar-refractivity contribution >= 4 is 18.2 Å². The Morgan fingerprint density at radius 1 is 1.21 bits per heavy atom. The Morgan fingerprint density at radius 3 is 2.79 bits per heavy atom. The number of carbonyl (C=O) groups excluding carboxylic acids is 3. The summed E-state index contributed by atoms with van der Waals surface area (Å²) >= 11 is 0. The van der Waals surface area contributed by atoms with Gasteiger partial charge in [-0.1, -0.05) is 18.6 Å². The molecular formula is C21H28N2O5. The van der Waals surface area contributed by atoms with Crippen molar-refractivity contribution in [3.05, 3.63) is 35.4 Å². The van der Waals surface area contributed by atoms with Crippen LogP contribution < -0.4 is 20.1 Å². The summed E-state index contributed by atoms with van der Waals surface area (Å²) in [5.41, 5.74) is 1.66. The summed E-state index contributed by atoms with van der Waals surface area (Å²) in [6.45, 7) is 2.63. The molecule has 0 bridgehead atoms. The van der Waals surface area contributed by atoms with E-state index in [-0.39, 0.29) is 12.4 Å². The second-order valence-electron chi connectivity index (χ2n) is 6.62. The third-order valence-corrected chi connectivity index (χ3v) is 4.31. The molecule has 0 radical (unpaired) electrons. The Balaban J connectivity index is 1.75. The zero-order valence-electron chi connectivity index (χ0n) is 16.3. The smallest absolute Gasteiger partial charge is 0.321 e. The van der Waals surface area contributed by atoms with Crippen LogP contribution in [0.2, 0.25) is 0 Å². The number of hydrogen-bond acceptors (Lipinski definition) is 5. The van der Waals surface area contributed by atoms with Crippen molar-refractivity contribution in [2.24, 2.45) is 0 Å². The van der Waals surface area contributed by atoms with Gasteiger partial charge in [0.1, 0.15) is 11.5 Å². The average molecular weight is 388 g/mol. The zero-order valence-corrected chi connectivity index (χ0v) is 16.3. The Kier molecular flexibility index (Phi) is 9.04. The average Bonchev–Trinajstić information content (AvgIpc) is 2.71. The molecule has 1 aromatic carbocycles. The van der Waals surface area contributed by atoms with Crippen molar-refractivity contribution in [1.29, 1.82) is 0 Å². The van der Waals surface area contributed by atoms with E-state index in [4.69, 9.17) is 9.47 Å². The maximum atomic E-state index is 11.9. The lowest BCUT2D eigenvalue weighted by Gasteiger charge is -2.13. The van der Waals surface area contributed by atoms with Crippen LogP contribution in [0.15, 0.2) is 29.8 Å². The van der Waals surface area contributed by atoms with Crippen LogP contribution in [-0.4, -0.2) is 38.0 Å². The molecule has 1 aliphatic carbocycles. The van der Waals surface area contributed by atoms with Crippen molar-refractivity contribution in [2.45, 2.75) is 45.4 Å². The monoisotopic (exact) mass is 388 g/mol. The van der Waals surface area contributed by atoms with E-state index in [1.54, 1.807) is 18.2 Å². The van der Waals surface area contributed by atoms with Gasteiger partial charge in [0.05, 0.1) is 12.2 Å². The van der Waals surface area contributed by atoms with Crippen LogP contribution in [0.5, 0.6) is 11.5 Å². The first-order chi connectivity index (χ1) is 13.6. The van der Waals surface area contributed by atoms with Crippen molar-refractivity contribution in [3.63, 3.8) is 0 Å². The number of urea groups is 1. The lowest BCUT2D eigenvalue weighted by molar-refractivity contribution is -0.122. The third-order valence-electron chi connectivity index (χ3n) is 4.31. The molecule has 0 aromatic heterocycles. The van der Waals surface area contributed by atoms with Gasteiger partial charge in [-0.2, -0.15) is 0 Å². The van der Waals surface area contributed by atoms with Gasteiger partial charge in [0.15, 0.2) is 12.9 Å². The first-order valence-corrected chi connectivity index (χ1v) is 9.72. The highest BCUT2D eigenvalue weighted by molar-refractivity contribution is 5.95. The summed E-state index contributed by atoms with van der Waals surface area (Å²) in [5.74, 6) is 0.201. The van der Waals surface area contributed by atoms with Crippen molar-refractivity contribution < 1.29 is 23.9 Å². The normalized spacial score (nSPS) is 13.2. The Bertz CT molecular complexity index is 715. The van der Waals surface area contributed by atoms with Gasteiger partial charge in [0.2, 0.25) is 0 Å². The molecule has 28 heavy (non-hydrogen) atoms. The van der Waals surface area contributed by atoms with Gasteiger partial charge < -0.3 is 14.8 Å². The molecule has 7 heteroatoms. The number of benzene rings is 1. The fourth-order valence-electron chi connectivity index (χ4n) is 2.87. The summed E-state index contributed by atoms with van der Waals surface area (Å²) in [4.78, 5) is 34.9. The number of imide groups is 1. The van der Waals surface area contributed by atoms with E-state index in [1.165, 1.54) is 18.4 Å². The molecule has 7 nitrogen and oxygen atoms in total. The first kappa shape index (κ1) is 21.5. The summed E-state index contributed by atoms with van der Waals surface area (Å²) in [5, 5.41) is 4.89. The fraction of sp³-hybridized carbons (Fsp3) is 0.476. The quantitative estimate of drug-likeness (QED) is 0.473. The number of nitrogens with one attached hydrogen (secondary N) is 2. The highest BCUT2D eigenvalue weighted by Crippen LogP contribution is 2.24. The van der Waals surface area contributed by atoms with Gasteiger partial charge in [-0.25, -0.2) is 4.79 Å². The highest BCUT2D eigenvalue weighted by Gasteiger charge is 2.11. The van der Waals surface area contributed by atoms with Crippen molar-refractivity contribution in [2.75, 3.05) is 19.8 Å². The van der Waals surface area contributed by atoms with Gasteiger partial charge in [0.25, 0.3) is 5.91 Å². The predicted molar refractivity (Wildman–Crippen MR) is 106 cm³/mol. The molecule has 0 saturated heterocycles.